The SMILES string of the molecule is O=C(O)CC1CCN(c2nc(Br)cs2)C1. The highest BCUT2D eigenvalue weighted by atomic mass is 79.9. The Hall–Kier alpha value is -0.620. The summed E-state index contributed by atoms with van der Waals surface area (Å²) in [7, 11) is 0. The summed E-state index contributed by atoms with van der Waals surface area (Å²) in [6.45, 7) is 1.73. The molecule has 2 rings (SSSR count). The quantitative estimate of drug-likeness (QED) is 0.927. The molecule has 1 fully saturated rings. The van der Waals surface area contributed by atoms with Gasteiger partial charge in [-0.1, -0.05) is 0 Å². The average molecular weight is 291 g/mol. The third-order valence-electron chi connectivity index (χ3n) is 2.48. The van der Waals surface area contributed by atoms with E-state index in [1.54, 1.807) is 11.3 Å². The predicted molar refractivity (Wildman–Crippen MR) is 62.4 cm³/mol. The van der Waals surface area contributed by atoms with Crippen molar-refractivity contribution in [1.29, 1.82) is 0 Å². The molecule has 0 amide bonds. The number of anilines is 1. The predicted octanol–water partition coefficient (Wildman–Crippen LogP) is 2.21. The maximum atomic E-state index is 10.6. The molecular formula is C9H11BrN2O2S. The maximum absolute atomic E-state index is 10.6. The van der Waals surface area contributed by atoms with Crippen molar-refractivity contribution in [3.05, 3.63) is 9.98 Å². The maximum Gasteiger partial charge on any atom is 0.303 e. The van der Waals surface area contributed by atoms with Crippen LogP contribution in [0, 0.1) is 5.92 Å². The van der Waals surface area contributed by atoms with Gasteiger partial charge in [0.05, 0.1) is 0 Å². The van der Waals surface area contributed by atoms with Crippen molar-refractivity contribution < 1.29 is 9.90 Å². The second kappa shape index (κ2) is 4.49. The molecule has 0 bridgehead atoms. The molecule has 82 valence electrons. The number of thiazole rings is 1. The average Bonchev–Trinajstić information content (AvgIpc) is 2.72. The third kappa shape index (κ3) is 2.69. The van der Waals surface area contributed by atoms with E-state index in [2.05, 4.69) is 25.8 Å². The molecule has 0 aromatic carbocycles. The molecule has 0 spiro atoms. The Bertz CT molecular complexity index is 369. The molecule has 1 saturated heterocycles. The Morgan fingerprint density at radius 3 is 3.20 bits per heavy atom. The zero-order valence-corrected chi connectivity index (χ0v) is 10.4. The van der Waals surface area contributed by atoms with E-state index < -0.39 is 5.97 Å². The molecule has 1 N–H and O–H groups in total. The molecule has 1 atom stereocenters. The lowest BCUT2D eigenvalue weighted by molar-refractivity contribution is -0.137. The van der Waals surface area contributed by atoms with Gasteiger partial charge in [0.2, 0.25) is 0 Å². The van der Waals surface area contributed by atoms with E-state index in [-0.39, 0.29) is 12.3 Å². The first kappa shape index (κ1) is 10.9. The molecule has 15 heavy (non-hydrogen) atoms. The molecular weight excluding hydrogens is 280 g/mol. The number of carboxylic acid groups (broad SMARTS) is 1. The minimum Gasteiger partial charge on any atom is -0.481 e. The van der Waals surface area contributed by atoms with Gasteiger partial charge < -0.3 is 10.0 Å². The molecule has 1 aliphatic heterocycles. The molecule has 1 aromatic rings. The van der Waals surface area contributed by atoms with Crippen LogP contribution in [0.5, 0.6) is 0 Å². The molecule has 0 aliphatic carbocycles. The Kier molecular flexibility index (Phi) is 3.25. The van der Waals surface area contributed by atoms with Crippen molar-refractivity contribution in [2.45, 2.75) is 12.8 Å². The zero-order chi connectivity index (χ0) is 10.8. The molecule has 1 aliphatic rings. The van der Waals surface area contributed by atoms with Gasteiger partial charge in [0.1, 0.15) is 4.60 Å². The van der Waals surface area contributed by atoms with Crippen molar-refractivity contribution in [2.24, 2.45) is 5.92 Å². The van der Waals surface area contributed by atoms with E-state index in [0.29, 0.717) is 0 Å². The van der Waals surface area contributed by atoms with Crippen molar-refractivity contribution in [3.63, 3.8) is 0 Å². The van der Waals surface area contributed by atoms with Crippen LogP contribution in [0.15, 0.2) is 9.98 Å². The van der Waals surface area contributed by atoms with Gasteiger partial charge in [0, 0.05) is 24.9 Å². The Balaban J connectivity index is 1.95. The third-order valence-corrected chi connectivity index (χ3v) is 4.09. The summed E-state index contributed by atoms with van der Waals surface area (Å²) < 4.78 is 0.851. The Labute approximate surface area is 100 Å². The summed E-state index contributed by atoms with van der Waals surface area (Å²) in [6, 6.07) is 0. The van der Waals surface area contributed by atoms with Crippen molar-refractivity contribution >= 4 is 38.4 Å². The van der Waals surface area contributed by atoms with Crippen LogP contribution in [0.3, 0.4) is 0 Å². The van der Waals surface area contributed by atoms with Crippen molar-refractivity contribution in [3.8, 4) is 0 Å². The highest BCUT2D eigenvalue weighted by Gasteiger charge is 2.25. The highest BCUT2D eigenvalue weighted by Crippen LogP contribution is 2.29. The molecule has 2 heterocycles. The fourth-order valence-electron chi connectivity index (χ4n) is 1.81. The molecule has 0 radical (unpaired) electrons. The summed E-state index contributed by atoms with van der Waals surface area (Å²) in [6.07, 6.45) is 1.21. The number of halogens is 1. The monoisotopic (exact) mass is 290 g/mol. The lowest BCUT2D eigenvalue weighted by atomic mass is 10.1. The number of hydrogen-bond acceptors (Lipinski definition) is 4. The molecule has 1 unspecified atom stereocenters. The molecule has 0 saturated carbocycles. The second-order valence-corrected chi connectivity index (χ2v) is 5.30. The summed E-state index contributed by atoms with van der Waals surface area (Å²) in [5, 5.41) is 11.6. The van der Waals surface area contributed by atoms with Crippen LogP contribution in [-0.2, 0) is 4.79 Å². The van der Waals surface area contributed by atoms with Crippen molar-refractivity contribution in [2.75, 3.05) is 18.0 Å². The zero-order valence-electron chi connectivity index (χ0n) is 8.02. The first-order chi connectivity index (χ1) is 7.15. The van der Waals surface area contributed by atoms with Gasteiger partial charge in [-0.15, -0.1) is 11.3 Å². The number of aromatic nitrogens is 1. The number of carboxylic acids is 1. The van der Waals surface area contributed by atoms with Gasteiger partial charge in [-0.25, -0.2) is 4.98 Å². The fraction of sp³-hybridized carbons (Fsp3) is 0.556. The highest BCUT2D eigenvalue weighted by molar-refractivity contribution is 9.10. The molecule has 4 nitrogen and oxygen atoms in total. The van der Waals surface area contributed by atoms with Crippen LogP contribution < -0.4 is 4.90 Å². The van der Waals surface area contributed by atoms with Gasteiger partial charge in [-0.3, -0.25) is 4.79 Å². The lowest BCUT2D eigenvalue weighted by Crippen LogP contribution is -2.20. The molecule has 6 heteroatoms. The van der Waals surface area contributed by atoms with E-state index in [1.807, 2.05) is 5.38 Å². The number of rotatable bonds is 3. The molecule has 1 aromatic heterocycles. The van der Waals surface area contributed by atoms with Crippen LogP contribution >= 0.6 is 27.3 Å². The second-order valence-electron chi connectivity index (χ2n) is 3.65. The van der Waals surface area contributed by atoms with Crippen LogP contribution in [-0.4, -0.2) is 29.1 Å². The smallest absolute Gasteiger partial charge is 0.303 e. The van der Waals surface area contributed by atoms with E-state index >= 15 is 0 Å². The van der Waals surface area contributed by atoms with Gasteiger partial charge in [-0.2, -0.15) is 0 Å². The largest absolute Gasteiger partial charge is 0.481 e. The summed E-state index contributed by atoms with van der Waals surface area (Å²) in [5.41, 5.74) is 0. The van der Waals surface area contributed by atoms with Gasteiger partial charge in [0.15, 0.2) is 5.13 Å². The van der Waals surface area contributed by atoms with Gasteiger partial charge >= 0.3 is 5.97 Å². The standard InChI is InChI=1S/C9H11BrN2O2S/c10-7-5-15-9(11-7)12-2-1-6(4-12)3-8(13)14/h5-6H,1-4H2,(H,13,14). The number of carbonyl (C=O) groups is 1. The van der Waals surface area contributed by atoms with Crippen LogP contribution in [0.4, 0.5) is 5.13 Å². The van der Waals surface area contributed by atoms with Crippen molar-refractivity contribution in [1.82, 2.24) is 4.98 Å². The topological polar surface area (TPSA) is 53.4 Å². The first-order valence-corrected chi connectivity index (χ1v) is 6.40. The number of hydrogen-bond donors (Lipinski definition) is 1. The summed E-state index contributed by atoms with van der Waals surface area (Å²) in [5.74, 6) is -0.438. The van der Waals surface area contributed by atoms with E-state index in [1.165, 1.54) is 0 Å². The summed E-state index contributed by atoms with van der Waals surface area (Å²) in [4.78, 5) is 17.0. The van der Waals surface area contributed by atoms with Gasteiger partial charge in [0.25, 0.3) is 0 Å². The van der Waals surface area contributed by atoms with E-state index in [9.17, 15) is 4.79 Å². The lowest BCUT2D eigenvalue weighted by Gasteiger charge is -2.13. The van der Waals surface area contributed by atoms with E-state index in [4.69, 9.17) is 5.11 Å². The minimum atomic E-state index is -0.706. The normalized spacial score (nSPS) is 20.9. The van der Waals surface area contributed by atoms with Gasteiger partial charge in [-0.05, 0) is 28.3 Å². The minimum absolute atomic E-state index is 0.267. The van der Waals surface area contributed by atoms with E-state index in [0.717, 1.165) is 29.2 Å². The number of nitrogens with zero attached hydrogens (tertiary/aromatic N) is 2. The fourth-order valence-corrected chi connectivity index (χ4v) is 3.10. The first-order valence-electron chi connectivity index (χ1n) is 4.73. The number of aliphatic carboxylic acids is 1. The summed E-state index contributed by atoms with van der Waals surface area (Å²) >= 11 is 4.90. The van der Waals surface area contributed by atoms with Crippen LogP contribution in [0.2, 0.25) is 0 Å². The Morgan fingerprint density at radius 2 is 2.60 bits per heavy atom. The van der Waals surface area contributed by atoms with Crippen LogP contribution in [0.25, 0.3) is 0 Å². The Morgan fingerprint density at radius 1 is 1.80 bits per heavy atom. The van der Waals surface area contributed by atoms with Crippen LogP contribution in [0.1, 0.15) is 12.8 Å².